The monoisotopic (exact) mass is 755 g/mol. The second-order valence-corrected chi connectivity index (χ2v) is 15.5. The van der Waals surface area contributed by atoms with E-state index in [1.165, 1.54) is 42.3 Å². The van der Waals surface area contributed by atoms with Crippen LogP contribution in [0.2, 0.25) is 15.1 Å². The van der Waals surface area contributed by atoms with Crippen LogP contribution >= 0.6 is 34.8 Å². The van der Waals surface area contributed by atoms with Gasteiger partial charge in [-0.15, -0.1) is 0 Å². The van der Waals surface area contributed by atoms with Crippen LogP contribution in [-0.4, -0.2) is 50.9 Å². The number of hydrogen-bond acceptors (Lipinski definition) is 5. The summed E-state index contributed by atoms with van der Waals surface area (Å²) in [5.41, 5.74) is 2.28. The highest BCUT2D eigenvalue weighted by Gasteiger charge is 2.36. The standard InChI is InChI=1S/C38H40Cl3N3O5S/c1-26-16-19-30(20-17-26)50(47,48)44(29-18-21-36(49-2)34(41)23-29)25-37(45)43(24-31-32(39)14-9-15-33(31)40)35(22-27-10-5-3-6-11-27)38(46)42-28-12-7-4-8-13-28/h3,5-6,9-11,14-21,23,28,35H,4,7-8,12-13,22,24-25H2,1-2H3,(H,42,46). The minimum absolute atomic E-state index is 0.0144. The number of nitrogens with zero attached hydrogens (tertiary/aromatic N) is 2. The highest BCUT2D eigenvalue weighted by molar-refractivity contribution is 7.92. The first-order chi connectivity index (χ1) is 24.0. The lowest BCUT2D eigenvalue weighted by atomic mass is 9.94. The molecule has 0 bridgehead atoms. The Kier molecular flexibility index (Phi) is 12.7. The van der Waals surface area contributed by atoms with Crippen molar-refractivity contribution in [2.45, 2.75) is 69.0 Å². The van der Waals surface area contributed by atoms with Gasteiger partial charge < -0.3 is 15.0 Å². The van der Waals surface area contributed by atoms with Gasteiger partial charge in [-0.3, -0.25) is 13.9 Å². The molecule has 5 rings (SSSR count). The molecule has 2 amide bonds. The van der Waals surface area contributed by atoms with Gasteiger partial charge in [-0.1, -0.05) is 108 Å². The Morgan fingerprint density at radius 3 is 2.14 bits per heavy atom. The number of rotatable bonds is 13. The Morgan fingerprint density at radius 1 is 0.860 bits per heavy atom. The van der Waals surface area contributed by atoms with Crippen molar-refractivity contribution >= 4 is 62.3 Å². The Morgan fingerprint density at radius 2 is 1.52 bits per heavy atom. The van der Waals surface area contributed by atoms with Gasteiger partial charge in [0.2, 0.25) is 11.8 Å². The molecule has 1 atom stereocenters. The minimum atomic E-state index is -4.32. The Bertz CT molecular complexity index is 1880. The quantitative estimate of drug-likeness (QED) is 0.148. The van der Waals surface area contributed by atoms with Gasteiger partial charge in [0.25, 0.3) is 10.0 Å². The Labute approximate surface area is 309 Å². The molecule has 4 aromatic rings. The molecule has 1 saturated carbocycles. The lowest BCUT2D eigenvalue weighted by Crippen LogP contribution is -2.55. The van der Waals surface area contributed by atoms with Crippen molar-refractivity contribution in [2.75, 3.05) is 18.0 Å². The predicted molar refractivity (Wildman–Crippen MR) is 200 cm³/mol. The molecule has 0 heterocycles. The molecule has 8 nitrogen and oxygen atoms in total. The average molecular weight is 757 g/mol. The average Bonchev–Trinajstić information content (AvgIpc) is 3.10. The number of carbonyl (C=O) groups is 2. The molecule has 264 valence electrons. The number of sulfonamides is 1. The maximum atomic E-state index is 14.8. The van der Waals surface area contributed by atoms with Gasteiger partial charge in [0.1, 0.15) is 18.3 Å². The molecular formula is C38H40Cl3N3O5S. The van der Waals surface area contributed by atoms with Crippen molar-refractivity contribution in [1.29, 1.82) is 0 Å². The fourth-order valence-corrected chi connectivity index (χ4v) is 8.30. The zero-order valence-electron chi connectivity index (χ0n) is 27.9. The molecule has 1 unspecified atom stereocenters. The minimum Gasteiger partial charge on any atom is -0.495 e. The van der Waals surface area contributed by atoms with Crippen LogP contribution in [0.1, 0.15) is 48.8 Å². The Hall–Kier alpha value is -3.76. The zero-order valence-corrected chi connectivity index (χ0v) is 31.0. The number of methoxy groups -OCH3 is 1. The molecule has 4 aromatic carbocycles. The summed E-state index contributed by atoms with van der Waals surface area (Å²) in [4.78, 5) is 30.5. The molecule has 0 aliphatic heterocycles. The number of carbonyl (C=O) groups excluding carboxylic acids is 2. The molecule has 50 heavy (non-hydrogen) atoms. The lowest BCUT2D eigenvalue weighted by Gasteiger charge is -2.35. The topological polar surface area (TPSA) is 96.0 Å². The number of halogens is 3. The molecule has 0 radical (unpaired) electrons. The Balaban J connectivity index is 1.61. The number of aryl methyl sites for hydroxylation is 1. The maximum Gasteiger partial charge on any atom is 0.264 e. The molecule has 1 aliphatic carbocycles. The number of anilines is 1. The van der Waals surface area contributed by atoms with Gasteiger partial charge in [-0.25, -0.2) is 8.42 Å². The van der Waals surface area contributed by atoms with E-state index in [-0.39, 0.29) is 40.5 Å². The van der Waals surface area contributed by atoms with E-state index in [0.29, 0.717) is 21.4 Å². The highest BCUT2D eigenvalue weighted by atomic mass is 35.5. The first-order valence-corrected chi connectivity index (χ1v) is 19.0. The van der Waals surface area contributed by atoms with Crippen LogP contribution in [0.4, 0.5) is 5.69 Å². The van der Waals surface area contributed by atoms with E-state index in [2.05, 4.69) is 5.32 Å². The van der Waals surface area contributed by atoms with E-state index in [9.17, 15) is 18.0 Å². The van der Waals surface area contributed by atoms with Gasteiger partial charge in [0.15, 0.2) is 0 Å². The number of ether oxygens (including phenoxy) is 1. The van der Waals surface area contributed by atoms with Crippen molar-refractivity contribution in [3.63, 3.8) is 0 Å². The second kappa shape index (κ2) is 17.0. The van der Waals surface area contributed by atoms with Crippen LogP contribution in [0.25, 0.3) is 0 Å². The van der Waals surface area contributed by atoms with Crippen LogP contribution in [-0.2, 0) is 32.6 Å². The van der Waals surface area contributed by atoms with Crippen LogP contribution in [0.5, 0.6) is 5.75 Å². The summed E-state index contributed by atoms with van der Waals surface area (Å²) in [6.07, 6.45) is 4.97. The normalized spacial score (nSPS) is 14.1. The van der Waals surface area contributed by atoms with Crippen molar-refractivity contribution in [2.24, 2.45) is 0 Å². The van der Waals surface area contributed by atoms with E-state index in [0.717, 1.165) is 47.5 Å². The SMILES string of the molecule is COc1ccc(N(CC(=O)N(Cc2c(Cl)cccc2Cl)C(Cc2ccccc2)C(=O)NC2CCCCC2)S(=O)(=O)c2ccc(C)cc2)cc1Cl. The fraction of sp³-hybridized carbons (Fsp3) is 0.316. The number of benzene rings is 4. The zero-order chi connectivity index (χ0) is 35.8. The highest BCUT2D eigenvalue weighted by Crippen LogP contribution is 2.33. The summed E-state index contributed by atoms with van der Waals surface area (Å²) >= 11 is 19.8. The molecule has 0 aromatic heterocycles. The third-order valence-corrected chi connectivity index (χ3v) is 11.7. The predicted octanol–water partition coefficient (Wildman–Crippen LogP) is 8.25. The molecule has 1 aliphatic rings. The third-order valence-electron chi connectivity index (χ3n) is 8.92. The smallest absolute Gasteiger partial charge is 0.264 e. The van der Waals surface area contributed by atoms with E-state index < -0.39 is 28.5 Å². The van der Waals surface area contributed by atoms with E-state index in [1.807, 2.05) is 37.3 Å². The summed E-state index contributed by atoms with van der Waals surface area (Å²) in [6.45, 7) is 1.06. The number of nitrogens with one attached hydrogen (secondary N) is 1. The van der Waals surface area contributed by atoms with Crippen LogP contribution in [0.3, 0.4) is 0 Å². The second-order valence-electron chi connectivity index (χ2n) is 12.4. The van der Waals surface area contributed by atoms with Crippen LogP contribution in [0, 0.1) is 6.92 Å². The lowest BCUT2D eigenvalue weighted by molar-refractivity contribution is -0.140. The molecule has 12 heteroatoms. The van der Waals surface area contributed by atoms with Gasteiger partial charge in [-0.05, 0) is 67.8 Å². The summed E-state index contributed by atoms with van der Waals surface area (Å²) in [5, 5.41) is 3.98. The van der Waals surface area contributed by atoms with E-state index >= 15 is 0 Å². The van der Waals surface area contributed by atoms with Crippen molar-refractivity contribution in [3.8, 4) is 5.75 Å². The molecule has 0 saturated heterocycles. The summed E-state index contributed by atoms with van der Waals surface area (Å²) in [7, 11) is -2.87. The van der Waals surface area contributed by atoms with Crippen LogP contribution in [0.15, 0.2) is 95.9 Å². The number of amides is 2. The third kappa shape index (κ3) is 9.12. The molecular weight excluding hydrogens is 717 g/mol. The first kappa shape index (κ1) is 37.5. The van der Waals surface area contributed by atoms with E-state index in [1.54, 1.807) is 30.3 Å². The first-order valence-electron chi connectivity index (χ1n) is 16.5. The van der Waals surface area contributed by atoms with Gasteiger partial charge in [-0.2, -0.15) is 0 Å². The molecule has 0 spiro atoms. The van der Waals surface area contributed by atoms with Gasteiger partial charge in [0.05, 0.1) is 22.7 Å². The van der Waals surface area contributed by atoms with Crippen molar-refractivity contribution in [3.05, 3.63) is 123 Å². The van der Waals surface area contributed by atoms with Gasteiger partial charge >= 0.3 is 0 Å². The summed E-state index contributed by atoms with van der Waals surface area (Å²) in [5.74, 6) is -0.632. The summed E-state index contributed by atoms with van der Waals surface area (Å²) < 4.78 is 35.0. The van der Waals surface area contributed by atoms with Crippen LogP contribution < -0.4 is 14.4 Å². The fourth-order valence-electron chi connectivity index (χ4n) is 6.13. The largest absolute Gasteiger partial charge is 0.495 e. The maximum absolute atomic E-state index is 14.8. The number of hydrogen-bond donors (Lipinski definition) is 1. The van der Waals surface area contributed by atoms with Crippen molar-refractivity contribution in [1.82, 2.24) is 10.2 Å². The van der Waals surface area contributed by atoms with E-state index in [4.69, 9.17) is 39.5 Å². The van der Waals surface area contributed by atoms with Crippen molar-refractivity contribution < 1.29 is 22.7 Å². The van der Waals surface area contributed by atoms with Gasteiger partial charge in [0, 0.05) is 34.6 Å². The summed E-state index contributed by atoms with van der Waals surface area (Å²) in [6, 6.07) is 24.2. The molecule has 1 fully saturated rings. The molecule has 1 N–H and O–H groups in total.